The molecule has 0 fully saturated rings. The fourth-order valence-electron chi connectivity index (χ4n) is 2.01. The molecule has 0 amide bonds. The lowest BCUT2D eigenvalue weighted by atomic mass is 10.1. The van der Waals surface area contributed by atoms with Crippen LogP contribution in [0.2, 0.25) is 0 Å². The van der Waals surface area contributed by atoms with Crippen molar-refractivity contribution in [3.8, 4) is 11.8 Å². The summed E-state index contributed by atoms with van der Waals surface area (Å²) in [5.74, 6) is 6.43. The van der Waals surface area contributed by atoms with E-state index in [4.69, 9.17) is 0 Å². The Morgan fingerprint density at radius 2 is 1.00 bits per heavy atom. The Hall–Kier alpha value is -2.52. The highest BCUT2D eigenvalue weighted by molar-refractivity contribution is 5.54. The van der Waals surface area contributed by atoms with Crippen LogP contribution in [-0.4, -0.2) is 0 Å². The van der Waals surface area contributed by atoms with E-state index >= 15 is 0 Å². The molecule has 2 aromatic rings. The van der Waals surface area contributed by atoms with Crippen LogP contribution in [-0.2, 0) is 0 Å². The van der Waals surface area contributed by atoms with Gasteiger partial charge < -0.3 is 0 Å². The quantitative estimate of drug-likeness (QED) is 0.611. The highest BCUT2D eigenvalue weighted by atomic mass is 13.9. The maximum Gasteiger partial charge on any atom is 0.0249 e. The van der Waals surface area contributed by atoms with Crippen molar-refractivity contribution in [2.24, 2.45) is 0 Å². The molecule has 0 heteroatoms. The average molecular weight is 286 g/mol. The maximum absolute atomic E-state index is 3.21. The molecule has 0 aliphatic heterocycles. The van der Waals surface area contributed by atoms with Crippen LogP contribution in [0.15, 0.2) is 60.7 Å². The van der Waals surface area contributed by atoms with Crippen LogP contribution in [0.4, 0.5) is 0 Å². The van der Waals surface area contributed by atoms with E-state index in [1.165, 1.54) is 11.1 Å². The van der Waals surface area contributed by atoms with Crippen molar-refractivity contribution in [1.82, 2.24) is 0 Å². The highest BCUT2D eigenvalue weighted by Gasteiger charge is 1.90. The van der Waals surface area contributed by atoms with E-state index in [0.717, 1.165) is 24.0 Å². The molecule has 0 nitrogen and oxygen atoms in total. The first-order chi connectivity index (χ1) is 10.8. The molecule has 0 N–H and O–H groups in total. The van der Waals surface area contributed by atoms with Crippen molar-refractivity contribution in [2.45, 2.75) is 26.7 Å². The van der Waals surface area contributed by atoms with Gasteiger partial charge >= 0.3 is 0 Å². The van der Waals surface area contributed by atoms with E-state index in [1.807, 2.05) is 0 Å². The van der Waals surface area contributed by atoms with Crippen molar-refractivity contribution in [3.05, 3.63) is 82.9 Å². The summed E-state index contributed by atoms with van der Waals surface area (Å²) in [5.41, 5.74) is 4.53. The summed E-state index contributed by atoms with van der Waals surface area (Å²) in [4.78, 5) is 0. The van der Waals surface area contributed by atoms with Crippen molar-refractivity contribution in [2.75, 3.05) is 0 Å². The van der Waals surface area contributed by atoms with Crippen LogP contribution in [0.25, 0.3) is 12.2 Å². The fourth-order valence-corrected chi connectivity index (χ4v) is 2.01. The Balaban J connectivity index is 2.06. The standard InChI is InChI=1S/C22H22/c1-3-5-7-19-9-13-21(14-10-19)17-18-22-15-11-20(12-16-22)8-6-4-2/h5-16H,3-4H2,1-2H3. The molecule has 0 atom stereocenters. The van der Waals surface area contributed by atoms with Gasteiger partial charge in [0, 0.05) is 11.1 Å². The van der Waals surface area contributed by atoms with E-state index in [1.54, 1.807) is 0 Å². The topological polar surface area (TPSA) is 0 Å². The number of rotatable bonds is 4. The molecule has 0 spiro atoms. The molecule has 0 radical (unpaired) electrons. The lowest BCUT2D eigenvalue weighted by Crippen LogP contribution is -1.78. The summed E-state index contributed by atoms with van der Waals surface area (Å²) in [6, 6.07) is 16.7. The van der Waals surface area contributed by atoms with Crippen LogP contribution in [0.5, 0.6) is 0 Å². The highest BCUT2D eigenvalue weighted by Crippen LogP contribution is 2.08. The van der Waals surface area contributed by atoms with Gasteiger partial charge in [0.25, 0.3) is 0 Å². The van der Waals surface area contributed by atoms with Crippen LogP contribution in [0.1, 0.15) is 48.9 Å². The van der Waals surface area contributed by atoms with Gasteiger partial charge in [0.05, 0.1) is 0 Å². The molecule has 0 unspecified atom stereocenters. The Labute approximate surface area is 134 Å². The number of hydrogen-bond donors (Lipinski definition) is 0. The molecule has 0 aliphatic rings. The Bertz CT molecular complexity index is 625. The third-order valence-corrected chi connectivity index (χ3v) is 3.26. The lowest BCUT2D eigenvalue weighted by Gasteiger charge is -1.95. The minimum Gasteiger partial charge on any atom is -0.0842 e. The molecule has 110 valence electrons. The normalized spacial score (nSPS) is 10.8. The van der Waals surface area contributed by atoms with Crippen LogP contribution >= 0.6 is 0 Å². The molecule has 0 saturated heterocycles. The lowest BCUT2D eigenvalue weighted by molar-refractivity contribution is 1.23. The van der Waals surface area contributed by atoms with E-state index < -0.39 is 0 Å². The minimum absolute atomic E-state index is 1.05. The second kappa shape index (κ2) is 8.70. The van der Waals surface area contributed by atoms with Crippen molar-refractivity contribution >= 4 is 12.2 Å². The van der Waals surface area contributed by atoms with E-state index in [0.29, 0.717) is 0 Å². The van der Waals surface area contributed by atoms with Gasteiger partial charge in [-0.2, -0.15) is 0 Å². The second-order valence-electron chi connectivity index (χ2n) is 5.12. The van der Waals surface area contributed by atoms with Gasteiger partial charge in [0.2, 0.25) is 0 Å². The second-order valence-corrected chi connectivity index (χ2v) is 5.12. The zero-order valence-electron chi connectivity index (χ0n) is 13.3. The molecule has 0 aromatic heterocycles. The molecule has 2 aromatic carbocycles. The monoisotopic (exact) mass is 286 g/mol. The summed E-state index contributed by atoms with van der Waals surface area (Å²) in [7, 11) is 0. The summed E-state index contributed by atoms with van der Waals surface area (Å²) in [6.07, 6.45) is 10.7. The molecule has 0 bridgehead atoms. The van der Waals surface area contributed by atoms with Gasteiger partial charge in [-0.05, 0) is 48.2 Å². The fraction of sp³-hybridized carbons (Fsp3) is 0.182. The van der Waals surface area contributed by atoms with Crippen LogP contribution in [0, 0.1) is 11.8 Å². The van der Waals surface area contributed by atoms with Gasteiger partial charge in [-0.3, -0.25) is 0 Å². The molecule has 0 aliphatic carbocycles. The Morgan fingerprint density at radius 1 is 0.636 bits per heavy atom. The molecule has 2 rings (SSSR count). The Kier molecular flexibility index (Phi) is 6.27. The third kappa shape index (κ3) is 5.11. The first kappa shape index (κ1) is 15.9. The number of hydrogen-bond acceptors (Lipinski definition) is 0. The minimum atomic E-state index is 1.05. The van der Waals surface area contributed by atoms with Crippen molar-refractivity contribution in [3.63, 3.8) is 0 Å². The zero-order valence-corrected chi connectivity index (χ0v) is 13.3. The molecular formula is C22H22. The molecular weight excluding hydrogens is 264 g/mol. The predicted octanol–water partition coefficient (Wildman–Crippen LogP) is 5.93. The first-order valence-corrected chi connectivity index (χ1v) is 7.87. The smallest absolute Gasteiger partial charge is 0.0249 e. The SMILES string of the molecule is CCC=Cc1ccc(C#Cc2ccc(C=CCC)cc2)cc1. The zero-order chi connectivity index (χ0) is 15.6. The summed E-state index contributed by atoms with van der Waals surface area (Å²) in [5, 5.41) is 0. The largest absolute Gasteiger partial charge is 0.0842 e. The number of benzene rings is 2. The molecule has 0 heterocycles. The van der Waals surface area contributed by atoms with Crippen LogP contribution in [0.3, 0.4) is 0 Å². The molecule has 22 heavy (non-hydrogen) atoms. The predicted molar refractivity (Wildman–Crippen MR) is 97.5 cm³/mol. The first-order valence-electron chi connectivity index (χ1n) is 7.87. The number of allylic oxidation sites excluding steroid dienone is 2. The van der Waals surface area contributed by atoms with E-state index in [2.05, 4.69) is 98.5 Å². The molecule has 0 saturated carbocycles. The summed E-state index contributed by atoms with van der Waals surface area (Å²) in [6.45, 7) is 4.28. The van der Waals surface area contributed by atoms with Gasteiger partial charge in [-0.15, -0.1) is 0 Å². The van der Waals surface area contributed by atoms with Gasteiger partial charge in [-0.25, -0.2) is 0 Å². The van der Waals surface area contributed by atoms with Crippen LogP contribution < -0.4 is 0 Å². The van der Waals surface area contributed by atoms with Crippen molar-refractivity contribution in [1.29, 1.82) is 0 Å². The van der Waals surface area contributed by atoms with Gasteiger partial charge in [0.15, 0.2) is 0 Å². The third-order valence-electron chi connectivity index (χ3n) is 3.26. The van der Waals surface area contributed by atoms with E-state index in [9.17, 15) is 0 Å². The van der Waals surface area contributed by atoms with Gasteiger partial charge in [-0.1, -0.05) is 74.3 Å². The summed E-state index contributed by atoms with van der Waals surface area (Å²) < 4.78 is 0. The van der Waals surface area contributed by atoms with Gasteiger partial charge in [0.1, 0.15) is 0 Å². The average Bonchev–Trinajstić information content (AvgIpc) is 2.58. The Morgan fingerprint density at radius 3 is 1.32 bits per heavy atom. The summed E-state index contributed by atoms with van der Waals surface area (Å²) >= 11 is 0. The van der Waals surface area contributed by atoms with Crippen molar-refractivity contribution < 1.29 is 0 Å². The van der Waals surface area contributed by atoms with E-state index in [-0.39, 0.29) is 0 Å². The maximum atomic E-state index is 3.21.